The first-order valence-corrected chi connectivity index (χ1v) is 8.32. The molecule has 0 radical (unpaired) electrons. The van der Waals surface area contributed by atoms with Gasteiger partial charge in [-0.05, 0) is 19.3 Å². The molecule has 86 valence electrons. The molecule has 2 aliphatic rings. The summed E-state index contributed by atoms with van der Waals surface area (Å²) < 4.78 is -0.209. The first-order valence-electron chi connectivity index (χ1n) is 4.90. The lowest BCUT2D eigenvalue weighted by Crippen LogP contribution is -2.39. The van der Waals surface area contributed by atoms with Crippen molar-refractivity contribution in [1.82, 2.24) is 4.90 Å². The summed E-state index contributed by atoms with van der Waals surface area (Å²) in [5, 5.41) is 0. The van der Waals surface area contributed by atoms with E-state index in [1.54, 1.807) is 0 Å². The van der Waals surface area contributed by atoms with Crippen LogP contribution in [0.4, 0.5) is 0 Å². The van der Waals surface area contributed by atoms with Crippen LogP contribution in [0.25, 0.3) is 0 Å². The van der Waals surface area contributed by atoms with Crippen LogP contribution in [-0.2, 0) is 4.79 Å². The smallest absolute Gasteiger partial charge is 0.250 e. The molecule has 0 aliphatic carbocycles. The Morgan fingerprint density at radius 2 is 2.07 bits per heavy atom. The number of alkyl halides is 4. The van der Waals surface area contributed by atoms with Crippen LogP contribution >= 0.6 is 63.7 Å². The second kappa shape index (κ2) is 4.58. The third-order valence-electron chi connectivity index (χ3n) is 3.11. The third-order valence-corrected chi connectivity index (χ3v) is 5.18. The highest BCUT2D eigenvalue weighted by atomic mass is 79.9. The van der Waals surface area contributed by atoms with E-state index in [4.69, 9.17) is 0 Å². The lowest BCUT2D eigenvalue weighted by Gasteiger charge is -2.25. The lowest BCUT2D eigenvalue weighted by molar-refractivity contribution is -0.129. The standard InChI is InChI=1S/C9H11Br4NO/c10-7(11)3-5-1-2-6-4-9(12,13)8(15)14(5)6/h5-7H,1-4H2/t5-,6+/m1/s1. The Labute approximate surface area is 123 Å². The second-order valence-corrected chi connectivity index (χ2v) is 11.3. The van der Waals surface area contributed by atoms with Gasteiger partial charge in [0, 0.05) is 18.5 Å². The summed E-state index contributed by atoms with van der Waals surface area (Å²) in [6.45, 7) is 0. The molecule has 15 heavy (non-hydrogen) atoms. The number of halogens is 4. The summed E-state index contributed by atoms with van der Waals surface area (Å²) in [5.74, 6) is 0.190. The lowest BCUT2D eigenvalue weighted by atomic mass is 10.1. The fourth-order valence-corrected chi connectivity index (χ4v) is 4.52. The Morgan fingerprint density at radius 1 is 1.40 bits per heavy atom. The van der Waals surface area contributed by atoms with Crippen LogP contribution in [0, 0.1) is 0 Å². The molecular formula is C9H11Br4NO. The molecule has 0 aromatic rings. The van der Waals surface area contributed by atoms with Gasteiger partial charge in [0.1, 0.15) is 0 Å². The highest BCUT2D eigenvalue weighted by Gasteiger charge is 2.53. The SMILES string of the molecule is O=C1N2[C@@H](CC(Br)Br)CC[C@H]2CC1(Br)Br. The minimum absolute atomic E-state index is 0.190. The Kier molecular flexibility index (Phi) is 3.92. The number of fused-ring (bicyclic) bond motifs is 1. The van der Waals surface area contributed by atoms with Gasteiger partial charge in [0.25, 0.3) is 5.91 Å². The summed E-state index contributed by atoms with van der Waals surface area (Å²) in [6, 6.07) is 0.795. The topological polar surface area (TPSA) is 20.3 Å². The summed E-state index contributed by atoms with van der Waals surface area (Å²) in [5.41, 5.74) is 0. The van der Waals surface area contributed by atoms with Crippen LogP contribution in [0.15, 0.2) is 0 Å². The summed E-state index contributed by atoms with van der Waals surface area (Å²) in [6.07, 6.45) is 4.10. The molecule has 0 aromatic carbocycles. The fraction of sp³-hybridized carbons (Fsp3) is 0.889. The van der Waals surface area contributed by atoms with Crippen LogP contribution < -0.4 is 0 Å². The van der Waals surface area contributed by atoms with Crippen molar-refractivity contribution in [3.8, 4) is 0 Å². The van der Waals surface area contributed by atoms with E-state index < -0.39 is 3.23 Å². The van der Waals surface area contributed by atoms with Crippen LogP contribution in [0.1, 0.15) is 25.7 Å². The minimum Gasteiger partial charge on any atom is -0.335 e. The van der Waals surface area contributed by atoms with E-state index in [2.05, 4.69) is 68.6 Å². The summed E-state index contributed by atoms with van der Waals surface area (Å²) in [4.78, 5) is 14.2. The maximum Gasteiger partial charge on any atom is 0.250 e. The molecule has 2 saturated heterocycles. The molecule has 6 heteroatoms. The number of carbonyl (C=O) groups excluding carboxylic acids is 1. The number of rotatable bonds is 2. The predicted molar refractivity (Wildman–Crippen MR) is 75.1 cm³/mol. The first-order chi connectivity index (χ1) is 6.92. The predicted octanol–water partition coefficient (Wildman–Crippen LogP) is 3.74. The zero-order valence-electron chi connectivity index (χ0n) is 7.93. The number of carbonyl (C=O) groups is 1. The van der Waals surface area contributed by atoms with Crippen LogP contribution in [-0.4, -0.2) is 29.9 Å². The highest BCUT2D eigenvalue weighted by Crippen LogP contribution is 2.47. The Balaban J connectivity index is 2.11. The maximum absolute atomic E-state index is 12.1. The monoisotopic (exact) mass is 465 g/mol. The molecule has 0 bridgehead atoms. The molecule has 0 saturated carbocycles. The Hall–Kier alpha value is 1.39. The number of nitrogens with zero attached hydrogens (tertiary/aromatic N) is 1. The molecule has 0 unspecified atom stereocenters. The van der Waals surface area contributed by atoms with Gasteiger partial charge in [-0.15, -0.1) is 0 Å². The van der Waals surface area contributed by atoms with Gasteiger partial charge in [0.15, 0.2) is 3.23 Å². The summed E-state index contributed by atoms with van der Waals surface area (Å²) in [7, 11) is 0. The number of hydrogen-bond acceptors (Lipinski definition) is 1. The van der Waals surface area contributed by atoms with Crippen molar-refractivity contribution in [2.75, 3.05) is 0 Å². The molecule has 2 aliphatic heterocycles. The van der Waals surface area contributed by atoms with Crippen molar-refractivity contribution >= 4 is 69.6 Å². The molecule has 2 rings (SSSR count). The largest absolute Gasteiger partial charge is 0.335 e. The van der Waals surface area contributed by atoms with E-state index in [9.17, 15) is 4.79 Å². The molecule has 2 fully saturated rings. The van der Waals surface area contributed by atoms with Crippen LogP contribution in [0.5, 0.6) is 0 Å². The molecule has 1 amide bonds. The van der Waals surface area contributed by atoms with Gasteiger partial charge in [0.05, 0.1) is 3.74 Å². The van der Waals surface area contributed by atoms with E-state index in [1.165, 1.54) is 0 Å². The quantitative estimate of drug-likeness (QED) is 0.565. The zero-order chi connectivity index (χ0) is 11.2. The van der Waals surface area contributed by atoms with E-state index in [0.29, 0.717) is 15.8 Å². The van der Waals surface area contributed by atoms with Crippen molar-refractivity contribution in [2.24, 2.45) is 0 Å². The van der Waals surface area contributed by atoms with Crippen molar-refractivity contribution < 1.29 is 4.79 Å². The molecule has 0 aromatic heterocycles. The van der Waals surface area contributed by atoms with Gasteiger partial charge in [-0.2, -0.15) is 0 Å². The van der Waals surface area contributed by atoms with Crippen LogP contribution in [0.2, 0.25) is 0 Å². The zero-order valence-corrected chi connectivity index (χ0v) is 14.3. The van der Waals surface area contributed by atoms with E-state index in [0.717, 1.165) is 25.7 Å². The average Bonchev–Trinajstić information content (AvgIpc) is 2.54. The summed E-state index contributed by atoms with van der Waals surface area (Å²) >= 11 is 13.9. The van der Waals surface area contributed by atoms with Crippen molar-refractivity contribution in [1.29, 1.82) is 0 Å². The van der Waals surface area contributed by atoms with Crippen molar-refractivity contribution in [3.05, 3.63) is 0 Å². The van der Waals surface area contributed by atoms with E-state index in [1.807, 2.05) is 0 Å². The fourth-order valence-electron chi connectivity index (χ4n) is 2.50. The van der Waals surface area contributed by atoms with Gasteiger partial charge in [-0.25, -0.2) is 0 Å². The van der Waals surface area contributed by atoms with Crippen molar-refractivity contribution in [2.45, 2.75) is 44.7 Å². The molecule has 2 nitrogen and oxygen atoms in total. The Morgan fingerprint density at radius 3 is 2.67 bits per heavy atom. The van der Waals surface area contributed by atoms with Crippen molar-refractivity contribution in [3.63, 3.8) is 0 Å². The average molecular weight is 469 g/mol. The third kappa shape index (κ3) is 2.47. The van der Waals surface area contributed by atoms with Gasteiger partial charge in [0.2, 0.25) is 0 Å². The van der Waals surface area contributed by atoms with E-state index in [-0.39, 0.29) is 5.91 Å². The second-order valence-electron chi connectivity index (χ2n) is 4.13. The molecular weight excluding hydrogens is 458 g/mol. The highest BCUT2D eigenvalue weighted by molar-refractivity contribution is 9.26. The first kappa shape index (κ1) is 12.8. The Bertz CT molecular complexity index is 281. The molecule has 2 heterocycles. The van der Waals surface area contributed by atoms with Gasteiger partial charge >= 0.3 is 0 Å². The van der Waals surface area contributed by atoms with Gasteiger partial charge < -0.3 is 4.90 Å². The molecule has 0 spiro atoms. The van der Waals surface area contributed by atoms with Crippen LogP contribution in [0.3, 0.4) is 0 Å². The normalized spacial score (nSPS) is 33.9. The maximum atomic E-state index is 12.1. The number of hydrogen-bond donors (Lipinski definition) is 0. The van der Waals surface area contributed by atoms with Gasteiger partial charge in [-0.1, -0.05) is 63.7 Å². The van der Waals surface area contributed by atoms with E-state index >= 15 is 0 Å². The minimum atomic E-state index is -0.503. The number of amides is 1. The van der Waals surface area contributed by atoms with Gasteiger partial charge in [-0.3, -0.25) is 4.79 Å². The molecule has 2 atom stereocenters. The molecule has 0 N–H and O–H groups in total.